The van der Waals surface area contributed by atoms with Crippen LogP contribution in [0.2, 0.25) is 5.02 Å². The van der Waals surface area contributed by atoms with Gasteiger partial charge in [-0.3, -0.25) is 15.0 Å². The fourth-order valence-electron chi connectivity index (χ4n) is 2.12. The average molecular weight is 284 g/mol. The normalized spacial score (nSPS) is 17.1. The third kappa shape index (κ3) is 3.16. The predicted octanol–water partition coefficient (Wildman–Crippen LogP) is 3.14. The van der Waals surface area contributed by atoms with Crippen LogP contribution in [0.4, 0.5) is 11.4 Å². The van der Waals surface area contributed by atoms with Gasteiger partial charge in [-0.25, -0.2) is 0 Å². The molecule has 0 saturated carbocycles. The first-order valence-electron chi connectivity index (χ1n) is 6.23. The van der Waals surface area contributed by atoms with E-state index in [1.807, 2.05) is 0 Å². The molecule has 1 N–H and O–H groups in total. The zero-order valence-corrected chi connectivity index (χ0v) is 12.1. The van der Waals surface area contributed by atoms with E-state index in [4.69, 9.17) is 11.6 Å². The Morgan fingerprint density at radius 1 is 1.42 bits per heavy atom. The van der Waals surface area contributed by atoms with Crippen LogP contribution in [-0.2, 0) is 0 Å². The number of nitro groups is 1. The van der Waals surface area contributed by atoms with Crippen molar-refractivity contribution in [3.63, 3.8) is 0 Å². The number of likely N-dealkylation sites (tertiary alicyclic amines) is 1. The van der Waals surface area contributed by atoms with E-state index in [1.54, 1.807) is 12.1 Å². The second kappa shape index (κ2) is 4.98. The lowest BCUT2D eigenvalue weighted by Gasteiger charge is -2.48. The highest BCUT2D eigenvalue weighted by atomic mass is 35.5. The minimum absolute atomic E-state index is 0.0294. The van der Waals surface area contributed by atoms with Gasteiger partial charge in [0, 0.05) is 29.7 Å². The summed E-state index contributed by atoms with van der Waals surface area (Å²) < 4.78 is 0. The van der Waals surface area contributed by atoms with Crippen molar-refractivity contribution in [3.8, 4) is 0 Å². The third-order valence-electron chi connectivity index (χ3n) is 3.35. The SMILES string of the molecule is CC(C)(C)N1CC(Nc2ccc(Cl)cc2[N+](=O)[O-])C1. The predicted molar refractivity (Wildman–Crippen MR) is 76.8 cm³/mol. The standard InChI is InChI=1S/C13H18ClN3O2/c1-13(2,3)16-7-10(8-16)15-11-5-4-9(14)6-12(11)17(18)19/h4-6,10,15H,7-8H2,1-3H3. The number of nitrogens with zero attached hydrogens (tertiary/aromatic N) is 2. The molecule has 6 heteroatoms. The van der Waals surface area contributed by atoms with Gasteiger partial charge in [0.2, 0.25) is 0 Å². The molecule has 104 valence electrons. The van der Waals surface area contributed by atoms with Gasteiger partial charge >= 0.3 is 0 Å². The smallest absolute Gasteiger partial charge is 0.293 e. The molecule has 1 fully saturated rings. The Balaban J connectivity index is 2.04. The van der Waals surface area contributed by atoms with Crippen molar-refractivity contribution in [2.75, 3.05) is 18.4 Å². The van der Waals surface area contributed by atoms with Gasteiger partial charge in [-0.1, -0.05) is 11.6 Å². The van der Waals surface area contributed by atoms with Gasteiger partial charge in [-0.15, -0.1) is 0 Å². The average Bonchev–Trinajstić information content (AvgIpc) is 2.22. The Bertz CT molecular complexity index is 493. The number of benzene rings is 1. The second-order valence-electron chi connectivity index (χ2n) is 5.84. The molecule has 1 aromatic rings. The Morgan fingerprint density at radius 2 is 2.05 bits per heavy atom. The molecule has 2 rings (SSSR count). The molecule has 0 atom stereocenters. The summed E-state index contributed by atoms with van der Waals surface area (Å²) in [6.07, 6.45) is 0. The van der Waals surface area contributed by atoms with Crippen LogP contribution in [0.1, 0.15) is 20.8 Å². The Hall–Kier alpha value is -1.33. The van der Waals surface area contributed by atoms with Crippen LogP contribution >= 0.6 is 11.6 Å². The minimum Gasteiger partial charge on any atom is -0.374 e. The molecule has 0 amide bonds. The monoisotopic (exact) mass is 283 g/mol. The number of rotatable bonds is 3. The first kappa shape index (κ1) is 14.1. The highest BCUT2D eigenvalue weighted by Crippen LogP contribution is 2.30. The van der Waals surface area contributed by atoms with Gasteiger partial charge < -0.3 is 5.32 Å². The number of nitro benzene ring substituents is 1. The maximum atomic E-state index is 11.0. The number of hydrogen-bond acceptors (Lipinski definition) is 4. The largest absolute Gasteiger partial charge is 0.374 e. The maximum Gasteiger partial charge on any atom is 0.293 e. The van der Waals surface area contributed by atoms with Crippen molar-refractivity contribution < 1.29 is 4.92 Å². The van der Waals surface area contributed by atoms with Crippen molar-refractivity contribution in [2.24, 2.45) is 0 Å². The minimum atomic E-state index is -0.408. The van der Waals surface area contributed by atoms with Crippen LogP contribution in [-0.4, -0.2) is 34.5 Å². The number of hydrogen-bond donors (Lipinski definition) is 1. The van der Waals surface area contributed by atoms with Crippen LogP contribution in [0.25, 0.3) is 0 Å². The highest BCUT2D eigenvalue weighted by molar-refractivity contribution is 6.30. The summed E-state index contributed by atoms with van der Waals surface area (Å²) in [6, 6.07) is 4.96. The topological polar surface area (TPSA) is 58.4 Å². The van der Waals surface area contributed by atoms with Crippen molar-refractivity contribution >= 4 is 23.0 Å². The van der Waals surface area contributed by atoms with Gasteiger partial charge in [0.15, 0.2) is 0 Å². The number of anilines is 1. The molecule has 0 bridgehead atoms. The van der Waals surface area contributed by atoms with E-state index in [2.05, 4.69) is 31.0 Å². The fourth-order valence-corrected chi connectivity index (χ4v) is 2.28. The molecule has 1 aliphatic heterocycles. The molecule has 0 aliphatic carbocycles. The lowest BCUT2D eigenvalue weighted by Crippen LogP contribution is -2.61. The summed E-state index contributed by atoms with van der Waals surface area (Å²) >= 11 is 5.79. The van der Waals surface area contributed by atoms with Crippen molar-refractivity contribution in [3.05, 3.63) is 33.3 Å². The first-order valence-corrected chi connectivity index (χ1v) is 6.60. The van der Waals surface area contributed by atoms with Crippen LogP contribution in [0, 0.1) is 10.1 Å². The lowest BCUT2D eigenvalue weighted by atomic mass is 9.97. The molecule has 0 radical (unpaired) electrons. The van der Waals surface area contributed by atoms with Gasteiger partial charge in [0.05, 0.1) is 11.0 Å². The van der Waals surface area contributed by atoms with E-state index >= 15 is 0 Å². The summed E-state index contributed by atoms with van der Waals surface area (Å²) in [7, 11) is 0. The van der Waals surface area contributed by atoms with E-state index in [1.165, 1.54) is 6.07 Å². The molecule has 1 aromatic carbocycles. The van der Waals surface area contributed by atoms with Gasteiger partial charge in [-0.2, -0.15) is 0 Å². The summed E-state index contributed by atoms with van der Waals surface area (Å²) in [5, 5.41) is 14.6. The van der Waals surface area contributed by atoms with E-state index < -0.39 is 4.92 Å². The number of nitrogens with one attached hydrogen (secondary N) is 1. The molecule has 1 heterocycles. The van der Waals surface area contributed by atoms with E-state index in [0.29, 0.717) is 10.7 Å². The Kier molecular flexibility index (Phi) is 3.69. The molecule has 0 aromatic heterocycles. The summed E-state index contributed by atoms with van der Waals surface area (Å²) in [4.78, 5) is 12.9. The molecule has 5 nitrogen and oxygen atoms in total. The van der Waals surface area contributed by atoms with Gasteiger partial charge in [-0.05, 0) is 32.9 Å². The Labute approximate surface area is 117 Å². The summed E-state index contributed by atoms with van der Waals surface area (Å²) in [5.74, 6) is 0. The van der Waals surface area contributed by atoms with Crippen LogP contribution < -0.4 is 5.32 Å². The molecule has 0 spiro atoms. The molecule has 19 heavy (non-hydrogen) atoms. The number of halogens is 1. The second-order valence-corrected chi connectivity index (χ2v) is 6.27. The Morgan fingerprint density at radius 3 is 2.58 bits per heavy atom. The van der Waals surface area contributed by atoms with Crippen molar-refractivity contribution in [1.82, 2.24) is 4.90 Å². The van der Waals surface area contributed by atoms with Crippen LogP contribution in [0.5, 0.6) is 0 Å². The molecular formula is C13H18ClN3O2. The fraction of sp³-hybridized carbons (Fsp3) is 0.538. The molecule has 1 saturated heterocycles. The first-order chi connectivity index (χ1) is 8.77. The summed E-state index contributed by atoms with van der Waals surface area (Å²) in [5.41, 5.74) is 0.707. The van der Waals surface area contributed by atoms with Gasteiger partial charge in [0.25, 0.3) is 5.69 Å². The van der Waals surface area contributed by atoms with Crippen LogP contribution in [0.15, 0.2) is 18.2 Å². The van der Waals surface area contributed by atoms with E-state index in [0.717, 1.165) is 13.1 Å². The lowest BCUT2D eigenvalue weighted by molar-refractivity contribution is -0.384. The highest BCUT2D eigenvalue weighted by Gasteiger charge is 2.35. The van der Waals surface area contributed by atoms with Crippen LogP contribution in [0.3, 0.4) is 0 Å². The molecule has 0 unspecified atom stereocenters. The third-order valence-corrected chi connectivity index (χ3v) is 3.58. The summed E-state index contributed by atoms with van der Waals surface area (Å²) in [6.45, 7) is 8.27. The van der Waals surface area contributed by atoms with Gasteiger partial charge in [0.1, 0.15) is 5.69 Å². The molecule has 1 aliphatic rings. The quantitative estimate of drug-likeness (QED) is 0.684. The zero-order chi connectivity index (χ0) is 14.2. The maximum absolute atomic E-state index is 11.0. The zero-order valence-electron chi connectivity index (χ0n) is 11.3. The van der Waals surface area contributed by atoms with Crippen molar-refractivity contribution in [1.29, 1.82) is 0 Å². The molecular weight excluding hydrogens is 266 g/mol. The van der Waals surface area contributed by atoms with Crippen molar-refractivity contribution in [2.45, 2.75) is 32.4 Å². The van der Waals surface area contributed by atoms with E-state index in [9.17, 15) is 10.1 Å². The van der Waals surface area contributed by atoms with E-state index in [-0.39, 0.29) is 17.3 Å².